The van der Waals surface area contributed by atoms with Crippen LogP contribution in [0.15, 0.2) is 54.6 Å². The zero-order valence-electron chi connectivity index (χ0n) is 16.1. The van der Waals surface area contributed by atoms with Gasteiger partial charge in [0.1, 0.15) is 11.9 Å². The van der Waals surface area contributed by atoms with E-state index in [1.807, 2.05) is 24.3 Å². The van der Waals surface area contributed by atoms with Crippen LogP contribution in [0.4, 0.5) is 15.8 Å². The van der Waals surface area contributed by atoms with Gasteiger partial charge in [-0.2, -0.15) is 0 Å². The second-order valence-electron chi connectivity index (χ2n) is 7.31. The summed E-state index contributed by atoms with van der Waals surface area (Å²) in [7, 11) is -3.76. The van der Waals surface area contributed by atoms with Crippen LogP contribution >= 0.6 is 0 Å². The Bertz CT molecular complexity index is 1200. The Labute approximate surface area is 169 Å². The lowest BCUT2D eigenvalue weighted by molar-refractivity contribution is -0.116. The van der Waals surface area contributed by atoms with Gasteiger partial charge >= 0.3 is 0 Å². The summed E-state index contributed by atoms with van der Waals surface area (Å²) in [5.41, 5.74) is 3.39. The van der Waals surface area contributed by atoms with Gasteiger partial charge < -0.3 is 5.32 Å². The van der Waals surface area contributed by atoms with Gasteiger partial charge in [0.05, 0.1) is 11.9 Å². The van der Waals surface area contributed by atoms with E-state index in [0.29, 0.717) is 5.69 Å². The Morgan fingerprint density at radius 1 is 1.03 bits per heavy atom. The summed E-state index contributed by atoms with van der Waals surface area (Å²) in [4.78, 5) is 13.0. The topological polar surface area (TPSA) is 66.5 Å². The van der Waals surface area contributed by atoms with Gasteiger partial charge in [-0.25, -0.2) is 12.8 Å². The fourth-order valence-corrected chi connectivity index (χ4v) is 5.16. The van der Waals surface area contributed by atoms with E-state index in [2.05, 4.69) is 11.4 Å². The van der Waals surface area contributed by atoms with Crippen molar-refractivity contribution in [3.8, 4) is 0 Å². The monoisotopic (exact) mass is 412 g/mol. The average Bonchev–Trinajstić information content (AvgIpc) is 3.09. The van der Waals surface area contributed by atoms with E-state index in [9.17, 15) is 17.6 Å². The molecule has 0 heterocycles. The van der Waals surface area contributed by atoms with Crippen LogP contribution in [0.2, 0.25) is 0 Å². The summed E-state index contributed by atoms with van der Waals surface area (Å²) in [6.45, 7) is 1.51. The van der Waals surface area contributed by atoms with Crippen LogP contribution in [0.25, 0.3) is 10.8 Å². The molecule has 3 aromatic rings. The fourth-order valence-electron chi connectivity index (χ4n) is 3.99. The van der Waals surface area contributed by atoms with E-state index in [1.54, 1.807) is 0 Å². The first-order valence-electron chi connectivity index (χ1n) is 9.35. The molecule has 0 unspecified atom stereocenters. The largest absolute Gasteiger partial charge is 0.324 e. The number of carbonyl (C=O) groups excluding carboxylic acids is 1. The number of halogens is 1. The average molecular weight is 412 g/mol. The van der Waals surface area contributed by atoms with Crippen LogP contribution < -0.4 is 9.62 Å². The van der Waals surface area contributed by atoms with E-state index in [1.165, 1.54) is 42.3 Å². The van der Waals surface area contributed by atoms with E-state index >= 15 is 0 Å². The van der Waals surface area contributed by atoms with Crippen molar-refractivity contribution < 1.29 is 17.6 Å². The van der Waals surface area contributed by atoms with E-state index in [0.717, 1.165) is 34.2 Å². The number of nitrogens with one attached hydrogen (secondary N) is 1. The molecular weight excluding hydrogens is 391 g/mol. The molecule has 0 aliphatic heterocycles. The highest BCUT2D eigenvalue weighted by Gasteiger charge is 2.29. The molecule has 29 heavy (non-hydrogen) atoms. The first-order chi connectivity index (χ1) is 13.8. The van der Waals surface area contributed by atoms with E-state index in [4.69, 9.17) is 0 Å². The minimum Gasteiger partial charge on any atom is -0.324 e. The number of rotatable bonds is 5. The van der Waals surface area contributed by atoms with Gasteiger partial charge in [-0.3, -0.25) is 9.10 Å². The van der Waals surface area contributed by atoms with Crippen LogP contribution in [0.5, 0.6) is 0 Å². The molecule has 0 bridgehead atoms. The molecule has 7 heteroatoms. The molecule has 1 amide bonds. The Hall–Kier alpha value is -2.93. The first-order valence-corrected chi connectivity index (χ1v) is 11.2. The van der Waals surface area contributed by atoms with Gasteiger partial charge in [0.2, 0.25) is 15.9 Å². The van der Waals surface area contributed by atoms with Crippen molar-refractivity contribution in [2.75, 3.05) is 15.9 Å². The van der Waals surface area contributed by atoms with E-state index in [-0.39, 0.29) is 5.69 Å². The third-order valence-electron chi connectivity index (χ3n) is 5.30. The summed E-state index contributed by atoms with van der Waals surface area (Å²) in [6.07, 6.45) is 2.99. The fraction of sp³-hybridized carbons (Fsp3) is 0.227. The zero-order chi connectivity index (χ0) is 20.8. The maximum absolute atomic E-state index is 13.3. The Morgan fingerprint density at radius 2 is 1.69 bits per heavy atom. The van der Waals surface area contributed by atoms with Crippen LogP contribution in [0.3, 0.4) is 0 Å². The molecule has 0 aromatic heterocycles. The number of nitrogens with zero attached hydrogens (tertiary/aromatic N) is 1. The van der Waals surface area contributed by atoms with Gasteiger partial charge in [0.15, 0.2) is 0 Å². The third kappa shape index (κ3) is 3.58. The number of carbonyl (C=O) groups is 1. The lowest BCUT2D eigenvalue weighted by atomic mass is 10.0. The summed E-state index contributed by atoms with van der Waals surface area (Å²) >= 11 is 0. The van der Waals surface area contributed by atoms with Gasteiger partial charge in [0, 0.05) is 11.1 Å². The molecule has 5 nitrogen and oxygen atoms in total. The van der Waals surface area contributed by atoms with E-state index < -0.39 is 27.8 Å². The minimum absolute atomic E-state index is 0.233. The zero-order valence-corrected chi connectivity index (χ0v) is 17.0. The van der Waals surface area contributed by atoms with Gasteiger partial charge in [-0.15, -0.1) is 0 Å². The standard InChI is InChI=1S/C22H21FN2O3S/c1-14(25(29(2,27)28)18-11-9-17(23)10-12-18)22(26)24-20-13-8-16-7-6-15-4-3-5-19(20)21(15)16/h3-5,8-14H,6-7H2,1-2H3,(H,24,26)/t14-/m0/s1. The predicted molar refractivity (Wildman–Crippen MR) is 113 cm³/mol. The minimum atomic E-state index is -3.76. The van der Waals surface area contributed by atoms with Crippen molar-refractivity contribution in [1.29, 1.82) is 0 Å². The molecule has 1 aliphatic carbocycles. The number of benzene rings is 3. The second-order valence-corrected chi connectivity index (χ2v) is 9.17. The summed E-state index contributed by atoms with van der Waals surface area (Å²) in [6, 6.07) is 13.9. The molecule has 1 atom stereocenters. The molecule has 1 N–H and O–H groups in total. The molecule has 1 aliphatic rings. The van der Waals surface area contributed by atoms with Crippen LogP contribution in [-0.4, -0.2) is 26.6 Å². The predicted octanol–water partition coefficient (Wildman–Crippen LogP) is 3.87. The Balaban J connectivity index is 1.67. The van der Waals surface area contributed by atoms with Gasteiger partial charge in [-0.05, 0) is 66.6 Å². The summed E-state index contributed by atoms with van der Waals surface area (Å²) in [5.74, 6) is -0.939. The van der Waals surface area contributed by atoms with Crippen LogP contribution in [0.1, 0.15) is 18.1 Å². The highest BCUT2D eigenvalue weighted by atomic mass is 32.2. The van der Waals surface area contributed by atoms with Crippen LogP contribution in [-0.2, 0) is 27.7 Å². The molecule has 0 fully saturated rings. The first kappa shape index (κ1) is 19.4. The van der Waals surface area contributed by atoms with Crippen molar-refractivity contribution in [1.82, 2.24) is 0 Å². The van der Waals surface area contributed by atoms with Crippen molar-refractivity contribution in [3.63, 3.8) is 0 Å². The molecule has 4 rings (SSSR count). The summed E-state index contributed by atoms with van der Waals surface area (Å²) < 4.78 is 39.0. The number of hydrogen-bond donors (Lipinski definition) is 1. The number of amides is 1. The molecule has 0 saturated heterocycles. The number of hydrogen-bond acceptors (Lipinski definition) is 3. The molecule has 0 saturated carbocycles. The lowest BCUT2D eigenvalue weighted by Gasteiger charge is -2.28. The molecule has 0 spiro atoms. The Morgan fingerprint density at radius 3 is 2.34 bits per heavy atom. The maximum atomic E-state index is 13.3. The van der Waals surface area contributed by atoms with Crippen molar-refractivity contribution >= 4 is 38.1 Å². The lowest BCUT2D eigenvalue weighted by Crippen LogP contribution is -2.45. The molecule has 150 valence electrons. The SMILES string of the molecule is C[C@@H](C(=O)Nc1ccc2c3c(cccc13)CC2)N(c1ccc(F)cc1)S(C)(=O)=O. The van der Waals surface area contributed by atoms with Gasteiger partial charge in [-0.1, -0.05) is 24.3 Å². The van der Waals surface area contributed by atoms with Gasteiger partial charge in [0.25, 0.3) is 0 Å². The van der Waals surface area contributed by atoms with Crippen molar-refractivity contribution in [2.24, 2.45) is 0 Å². The highest BCUT2D eigenvalue weighted by molar-refractivity contribution is 7.92. The highest BCUT2D eigenvalue weighted by Crippen LogP contribution is 2.35. The number of aryl methyl sites for hydroxylation is 2. The number of anilines is 2. The quantitative estimate of drug-likeness (QED) is 0.692. The van der Waals surface area contributed by atoms with Crippen LogP contribution in [0, 0.1) is 5.82 Å². The third-order valence-corrected chi connectivity index (χ3v) is 6.55. The molecule has 0 radical (unpaired) electrons. The smallest absolute Gasteiger partial charge is 0.248 e. The number of sulfonamides is 1. The maximum Gasteiger partial charge on any atom is 0.248 e. The summed E-state index contributed by atoms with van der Waals surface area (Å²) in [5, 5.41) is 4.99. The normalized spacial score (nSPS) is 14.0. The Kier molecular flexibility index (Phi) is 4.78. The van der Waals surface area contributed by atoms with Crippen molar-refractivity contribution in [3.05, 3.63) is 71.5 Å². The molecular formula is C22H21FN2O3S. The van der Waals surface area contributed by atoms with Crippen molar-refractivity contribution in [2.45, 2.75) is 25.8 Å². The second kappa shape index (κ2) is 7.15. The molecule has 3 aromatic carbocycles.